The normalized spacial score (nSPS) is 11.7. The molecular formula is C18H18ClN3O2. The first-order valence-electron chi connectivity index (χ1n) is 7.58. The highest BCUT2D eigenvalue weighted by Crippen LogP contribution is 2.30. The lowest BCUT2D eigenvalue weighted by Gasteiger charge is -2.19. The maximum Gasteiger partial charge on any atom is 0.420 e. The first-order chi connectivity index (χ1) is 11.2. The molecule has 0 unspecified atom stereocenters. The number of carbonyl (C=O) groups excluding carboxylic acids is 1. The molecule has 0 aliphatic heterocycles. The van der Waals surface area contributed by atoms with E-state index in [0.717, 1.165) is 22.2 Å². The van der Waals surface area contributed by atoms with E-state index in [0.29, 0.717) is 10.8 Å². The summed E-state index contributed by atoms with van der Waals surface area (Å²) in [5.41, 5.74) is 2.68. The second kappa shape index (κ2) is 5.91. The van der Waals surface area contributed by atoms with Gasteiger partial charge in [-0.05, 0) is 63.1 Å². The van der Waals surface area contributed by atoms with Crippen molar-refractivity contribution in [3.05, 3.63) is 47.5 Å². The third-order valence-electron chi connectivity index (χ3n) is 3.41. The summed E-state index contributed by atoms with van der Waals surface area (Å²) in [5.74, 6) is 0. The van der Waals surface area contributed by atoms with Crippen LogP contribution in [0.15, 0.2) is 36.7 Å². The second-order valence-corrected chi connectivity index (χ2v) is 6.97. The van der Waals surface area contributed by atoms with Gasteiger partial charge in [0.1, 0.15) is 16.4 Å². The number of carbonyl (C=O) groups is 1. The van der Waals surface area contributed by atoms with E-state index >= 15 is 0 Å². The molecule has 3 aromatic rings. The third-order valence-corrected chi connectivity index (χ3v) is 3.60. The van der Waals surface area contributed by atoms with Crippen LogP contribution < -0.4 is 0 Å². The van der Waals surface area contributed by atoms with Crippen LogP contribution in [0.3, 0.4) is 0 Å². The lowest BCUT2D eigenvalue weighted by molar-refractivity contribution is 0.0543. The van der Waals surface area contributed by atoms with E-state index in [-0.39, 0.29) is 0 Å². The van der Waals surface area contributed by atoms with E-state index in [9.17, 15) is 4.79 Å². The number of halogens is 1. The quantitative estimate of drug-likeness (QED) is 0.593. The Morgan fingerprint density at radius 3 is 2.67 bits per heavy atom. The van der Waals surface area contributed by atoms with Crippen molar-refractivity contribution in [1.82, 2.24) is 14.5 Å². The molecule has 0 radical (unpaired) electrons. The summed E-state index contributed by atoms with van der Waals surface area (Å²) in [6, 6.07) is 7.50. The minimum absolute atomic E-state index is 0.432. The van der Waals surface area contributed by atoms with Crippen molar-refractivity contribution in [2.24, 2.45) is 0 Å². The Labute approximate surface area is 145 Å². The van der Waals surface area contributed by atoms with Gasteiger partial charge in [-0.3, -0.25) is 0 Å². The van der Waals surface area contributed by atoms with Gasteiger partial charge in [0, 0.05) is 23.5 Å². The standard InChI is InChI=1S/C18H18ClN3O2/c1-11-9-12(10-15(19)21-11)13-5-7-20-16-14(13)6-8-22(16)17(23)24-18(2,3)4/h5-10H,1-4H3. The summed E-state index contributed by atoms with van der Waals surface area (Å²) in [5, 5.41) is 1.28. The van der Waals surface area contributed by atoms with Crippen molar-refractivity contribution < 1.29 is 9.53 Å². The van der Waals surface area contributed by atoms with Crippen LogP contribution in [0.1, 0.15) is 26.5 Å². The van der Waals surface area contributed by atoms with Gasteiger partial charge in [-0.2, -0.15) is 0 Å². The largest absolute Gasteiger partial charge is 0.443 e. The number of hydrogen-bond acceptors (Lipinski definition) is 4. The summed E-state index contributed by atoms with van der Waals surface area (Å²) in [6.07, 6.45) is 2.89. The van der Waals surface area contributed by atoms with Crippen molar-refractivity contribution in [3.63, 3.8) is 0 Å². The van der Waals surface area contributed by atoms with Crippen LogP contribution in [0.25, 0.3) is 22.2 Å². The van der Waals surface area contributed by atoms with Crippen LogP contribution >= 0.6 is 11.6 Å². The Hall–Kier alpha value is -2.40. The first-order valence-corrected chi connectivity index (χ1v) is 7.96. The third kappa shape index (κ3) is 3.26. The van der Waals surface area contributed by atoms with E-state index < -0.39 is 11.7 Å². The Bertz CT molecular complexity index is 905. The Morgan fingerprint density at radius 2 is 2.00 bits per heavy atom. The Morgan fingerprint density at radius 1 is 1.25 bits per heavy atom. The molecule has 0 saturated heterocycles. The average molecular weight is 344 g/mol. The number of nitrogens with zero attached hydrogens (tertiary/aromatic N) is 3. The highest BCUT2D eigenvalue weighted by atomic mass is 35.5. The summed E-state index contributed by atoms with van der Waals surface area (Å²) >= 11 is 6.07. The van der Waals surface area contributed by atoms with E-state index in [1.54, 1.807) is 18.5 Å². The number of aryl methyl sites for hydroxylation is 1. The zero-order valence-electron chi connectivity index (χ0n) is 14.0. The lowest BCUT2D eigenvalue weighted by atomic mass is 10.0. The number of pyridine rings is 2. The minimum atomic E-state index is -0.568. The zero-order chi connectivity index (χ0) is 17.5. The molecule has 0 spiro atoms. The van der Waals surface area contributed by atoms with E-state index in [1.165, 1.54) is 4.57 Å². The number of ether oxygens (including phenoxy) is 1. The Balaban J connectivity index is 2.11. The fourth-order valence-electron chi connectivity index (χ4n) is 2.53. The molecule has 0 aromatic carbocycles. The van der Waals surface area contributed by atoms with Crippen LogP contribution in [0, 0.1) is 6.92 Å². The molecule has 0 aliphatic rings. The van der Waals surface area contributed by atoms with Crippen molar-refractivity contribution in [1.29, 1.82) is 0 Å². The molecule has 6 heteroatoms. The fraction of sp³-hybridized carbons (Fsp3) is 0.278. The summed E-state index contributed by atoms with van der Waals surface area (Å²) in [6.45, 7) is 7.38. The van der Waals surface area contributed by atoms with Gasteiger partial charge >= 0.3 is 6.09 Å². The minimum Gasteiger partial charge on any atom is -0.443 e. The molecule has 0 N–H and O–H groups in total. The summed E-state index contributed by atoms with van der Waals surface area (Å²) < 4.78 is 6.84. The van der Waals surface area contributed by atoms with Crippen molar-refractivity contribution >= 4 is 28.7 Å². The van der Waals surface area contributed by atoms with Crippen LogP contribution in [0.2, 0.25) is 5.15 Å². The molecule has 0 aliphatic carbocycles. The van der Waals surface area contributed by atoms with Gasteiger partial charge < -0.3 is 4.74 Å². The van der Waals surface area contributed by atoms with Gasteiger partial charge in [-0.25, -0.2) is 19.3 Å². The molecule has 0 fully saturated rings. The van der Waals surface area contributed by atoms with E-state index in [4.69, 9.17) is 16.3 Å². The molecule has 3 rings (SSSR count). The van der Waals surface area contributed by atoms with Gasteiger partial charge in [-0.15, -0.1) is 0 Å². The van der Waals surface area contributed by atoms with Crippen LogP contribution in [-0.4, -0.2) is 26.2 Å². The molecule has 0 saturated carbocycles. The monoisotopic (exact) mass is 343 g/mol. The van der Waals surface area contributed by atoms with E-state index in [1.807, 2.05) is 45.9 Å². The second-order valence-electron chi connectivity index (χ2n) is 6.58. The molecular weight excluding hydrogens is 326 g/mol. The van der Waals surface area contributed by atoms with Gasteiger partial charge in [0.2, 0.25) is 0 Å². The smallest absolute Gasteiger partial charge is 0.420 e. The summed E-state index contributed by atoms with van der Waals surface area (Å²) in [4.78, 5) is 20.9. The average Bonchev–Trinajstić information content (AvgIpc) is 2.88. The maximum absolute atomic E-state index is 12.4. The molecule has 5 nitrogen and oxygen atoms in total. The van der Waals surface area contributed by atoms with Crippen molar-refractivity contribution in [2.75, 3.05) is 0 Å². The molecule has 3 heterocycles. The SMILES string of the molecule is Cc1cc(-c2ccnc3c2ccn3C(=O)OC(C)(C)C)cc(Cl)n1. The highest BCUT2D eigenvalue weighted by molar-refractivity contribution is 6.29. The molecule has 0 atom stereocenters. The lowest BCUT2D eigenvalue weighted by Crippen LogP contribution is -2.26. The van der Waals surface area contributed by atoms with Gasteiger partial charge in [-0.1, -0.05) is 11.6 Å². The van der Waals surface area contributed by atoms with Gasteiger partial charge in [0.15, 0.2) is 0 Å². The van der Waals surface area contributed by atoms with Crippen molar-refractivity contribution in [3.8, 4) is 11.1 Å². The molecule has 24 heavy (non-hydrogen) atoms. The first kappa shape index (κ1) is 16.5. The zero-order valence-corrected chi connectivity index (χ0v) is 14.8. The maximum atomic E-state index is 12.4. The molecule has 0 amide bonds. The van der Waals surface area contributed by atoms with Crippen LogP contribution in [0.5, 0.6) is 0 Å². The number of rotatable bonds is 1. The summed E-state index contributed by atoms with van der Waals surface area (Å²) in [7, 11) is 0. The Kier molecular flexibility index (Phi) is 4.05. The topological polar surface area (TPSA) is 57.0 Å². The number of aromatic nitrogens is 3. The molecule has 124 valence electrons. The highest BCUT2D eigenvalue weighted by Gasteiger charge is 2.20. The predicted molar refractivity (Wildman–Crippen MR) is 94.3 cm³/mol. The van der Waals surface area contributed by atoms with Crippen LogP contribution in [-0.2, 0) is 4.74 Å². The number of fused-ring (bicyclic) bond motifs is 1. The predicted octanol–water partition coefficient (Wildman–Crippen LogP) is 4.84. The molecule has 3 aromatic heterocycles. The van der Waals surface area contributed by atoms with Crippen LogP contribution in [0.4, 0.5) is 4.79 Å². The van der Waals surface area contributed by atoms with E-state index in [2.05, 4.69) is 9.97 Å². The van der Waals surface area contributed by atoms with Gasteiger partial charge in [0.05, 0.1) is 0 Å². The number of hydrogen-bond donors (Lipinski definition) is 0. The van der Waals surface area contributed by atoms with Crippen molar-refractivity contribution in [2.45, 2.75) is 33.3 Å². The van der Waals surface area contributed by atoms with Gasteiger partial charge in [0.25, 0.3) is 0 Å². The molecule has 0 bridgehead atoms. The fourth-order valence-corrected chi connectivity index (χ4v) is 2.78.